The molecule has 2 atom stereocenters. The molecule has 118 valence electrons. The summed E-state index contributed by atoms with van der Waals surface area (Å²) in [5.74, 6) is -0.831. The third kappa shape index (κ3) is 9.64. The summed E-state index contributed by atoms with van der Waals surface area (Å²) in [5.41, 5.74) is -0.501. The van der Waals surface area contributed by atoms with E-state index in [1.54, 1.807) is 20.8 Å². The first-order chi connectivity index (χ1) is 8.80. The summed E-state index contributed by atoms with van der Waals surface area (Å²) >= 11 is 0. The average Bonchev–Trinajstić information content (AvgIpc) is 2.09. The van der Waals surface area contributed by atoms with Crippen LogP contribution in [0.3, 0.4) is 0 Å². The van der Waals surface area contributed by atoms with E-state index in [2.05, 4.69) is 26.1 Å². The predicted octanol–water partition coefficient (Wildman–Crippen LogP) is 3.43. The largest absolute Gasteiger partial charge is 0.480 e. The number of carbonyl (C=O) groups excluding carboxylic acids is 1. The van der Waals surface area contributed by atoms with Crippen LogP contribution in [0.2, 0.25) is 0 Å². The second-order valence-electron chi connectivity index (χ2n) is 7.64. The van der Waals surface area contributed by atoms with Gasteiger partial charge < -0.3 is 15.2 Å². The van der Waals surface area contributed by atoms with Crippen molar-refractivity contribution in [3.05, 3.63) is 0 Å². The Bertz CT molecular complexity index is 339. The van der Waals surface area contributed by atoms with Gasteiger partial charge in [0.05, 0.1) is 0 Å². The van der Waals surface area contributed by atoms with Crippen LogP contribution in [0.5, 0.6) is 0 Å². The maximum Gasteiger partial charge on any atom is 0.408 e. The highest BCUT2D eigenvalue weighted by molar-refractivity contribution is 5.79. The molecule has 2 N–H and O–H groups in total. The number of rotatable bonds is 5. The Hall–Kier alpha value is -1.26. The van der Waals surface area contributed by atoms with Crippen molar-refractivity contribution in [2.45, 2.75) is 73.0 Å². The van der Waals surface area contributed by atoms with Crippen LogP contribution >= 0.6 is 0 Å². The second kappa shape index (κ2) is 6.95. The lowest BCUT2D eigenvalue weighted by Crippen LogP contribution is -2.44. The molecule has 0 fully saturated rings. The van der Waals surface area contributed by atoms with Gasteiger partial charge in [-0.3, -0.25) is 0 Å². The summed E-state index contributed by atoms with van der Waals surface area (Å²) in [6.07, 6.45) is 0.603. The highest BCUT2D eigenvalue weighted by Crippen LogP contribution is 2.26. The molecule has 0 radical (unpaired) electrons. The number of alkyl carbamates (subject to hydrolysis) is 1. The summed E-state index contributed by atoms with van der Waals surface area (Å²) in [6, 6.07) is -0.915. The summed E-state index contributed by atoms with van der Waals surface area (Å²) in [7, 11) is 0. The van der Waals surface area contributed by atoms with Crippen LogP contribution in [-0.2, 0) is 9.53 Å². The van der Waals surface area contributed by atoms with Crippen LogP contribution in [0.15, 0.2) is 0 Å². The van der Waals surface area contributed by atoms with E-state index in [-0.39, 0.29) is 11.3 Å². The molecule has 2 unspecified atom stereocenters. The molecule has 0 saturated heterocycles. The van der Waals surface area contributed by atoms with Crippen LogP contribution in [0.4, 0.5) is 4.79 Å². The molecule has 0 aromatic heterocycles. The number of amides is 1. The first kappa shape index (κ1) is 18.7. The van der Waals surface area contributed by atoms with Gasteiger partial charge in [0.2, 0.25) is 0 Å². The summed E-state index contributed by atoms with van der Waals surface area (Å²) in [4.78, 5) is 22.9. The van der Waals surface area contributed by atoms with Crippen molar-refractivity contribution in [1.29, 1.82) is 0 Å². The van der Waals surface area contributed by atoms with Gasteiger partial charge in [-0.2, -0.15) is 0 Å². The SMILES string of the molecule is CC(CC(NC(=O)OC(C)(C)C)C(=O)O)CC(C)(C)C. The Morgan fingerprint density at radius 2 is 1.65 bits per heavy atom. The summed E-state index contributed by atoms with van der Waals surface area (Å²) in [5, 5.41) is 11.6. The minimum Gasteiger partial charge on any atom is -0.480 e. The molecule has 0 bridgehead atoms. The highest BCUT2D eigenvalue weighted by Gasteiger charge is 2.27. The van der Waals surface area contributed by atoms with E-state index in [0.717, 1.165) is 6.42 Å². The lowest BCUT2D eigenvalue weighted by Gasteiger charge is -2.26. The number of ether oxygens (including phenoxy) is 1. The normalized spacial score (nSPS) is 15.3. The lowest BCUT2D eigenvalue weighted by atomic mass is 9.83. The maximum absolute atomic E-state index is 11.6. The Kier molecular flexibility index (Phi) is 6.51. The molecule has 1 amide bonds. The van der Waals surface area contributed by atoms with Gasteiger partial charge in [0.25, 0.3) is 0 Å². The molecule has 20 heavy (non-hydrogen) atoms. The summed E-state index contributed by atoms with van der Waals surface area (Å²) < 4.78 is 5.09. The second-order valence-corrected chi connectivity index (χ2v) is 7.64. The number of nitrogens with one attached hydrogen (secondary N) is 1. The first-order valence-electron chi connectivity index (χ1n) is 7.02. The van der Waals surface area contributed by atoms with Gasteiger partial charge in [0.15, 0.2) is 0 Å². The van der Waals surface area contributed by atoms with Crippen molar-refractivity contribution in [2.24, 2.45) is 11.3 Å². The van der Waals surface area contributed by atoms with Crippen molar-refractivity contribution in [2.75, 3.05) is 0 Å². The zero-order valence-electron chi connectivity index (χ0n) is 13.7. The first-order valence-corrected chi connectivity index (χ1v) is 7.02. The Morgan fingerprint density at radius 1 is 1.15 bits per heavy atom. The Labute approximate surface area is 122 Å². The quantitative estimate of drug-likeness (QED) is 0.812. The fourth-order valence-electron chi connectivity index (χ4n) is 2.20. The highest BCUT2D eigenvalue weighted by atomic mass is 16.6. The number of hydrogen-bond acceptors (Lipinski definition) is 3. The van der Waals surface area contributed by atoms with Crippen molar-refractivity contribution in [3.8, 4) is 0 Å². The van der Waals surface area contributed by atoms with E-state index in [0.29, 0.717) is 6.42 Å². The average molecular weight is 287 g/mol. The predicted molar refractivity (Wildman–Crippen MR) is 78.6 cm³/mol. The molecule has 0 aliphatic carbocycles. The fourth-order valence-corrected chi connectivity index (χ4v) is 2.20. The monoisotopic (exact) mass is 287 g/mol. The molecular weight excluding hydrogens is 258 g/mol. The minimum atomic E-state index is -1.03. The van der Waals surface area contributed by atoms with E-state index in [1.807, 2.05) is 6.92 Å². The molecule has 0 saturated carbocycles. The number of carboxylic acids is 1. The minimum absolute atomic E-state index is 0.133. The number of hydrogen-bond donors (Lipinski definition) is 2. The van der Waals surface area contributed by atoms with Crippen molar-refractivity contribution >= 4 is 12.1 Å². The van der Waals surface area contributed by atoms with Gasteiger partial charge in [0, 0.05) is 0 Å². The van der Waals surface area contributed by atoms with Gasteiger partial charge >= 0.3 is 12.1 Å². The van der Waals surface area contributed by atoms with Crippen LogP contribution in [-0.4, -0.2) is 28.8 Å². The molecule has 0 aromatic carbocycles. The smallest absolute Gasteiger partial charge is 0.408 e. The summed E-state index contributed by atoms with van der Waals surface area (Å²) in [6.45, 7) is 13.6. The van der Waals surface area contributed by atoms with Crippen LogP contribution in [0, 0.1) is 11.3 Å². The standard InChI is InChI=1S/C15H29NO4/c1-10(9-14(2,3)4)8-11(12(17)18)16-13(19)20-15(5,6)7/h10-11H,8-9H2,1-7H3,(H,16,19)(H,17,18). The van der Waals surface area contributed by atoms with Crippen LogP contribution in [0.1, 0.15) is 61.3 Å². The Balaban J connectivity index is 4.52. The topological polar surface area (TPSA) is 75.6 Å². The van der Waals surface area contributed by atoms with Crippen LogP contribution in [0.25, 0.3) is 0 Å². The fraction of sp³-hybridized carbons (Fsp3) is 0.867. The van der Waals surface area contributed by atoms with Crippen LogP contribution < -0.4 is 5.32 Å². The maximum atomic E-state index is 11.6. The zero-order valence-corrected chi connectivity index (χ0v) is 13.7. The van der Waals surface area contributed by atoms with E-state index >= 15 is 0 Å². The van der Waals surface area contributed by atoms with E-state index in [1.165, 1.54) is 0 Å². The number of aliphatic carboxylic acids is 1. The third-order valence-electron chi connectivity index (χ3n) is 2.59. The molecule has 0 heterocycles. The molecule has 5 heteroatoms. The van der Waals surface area contributed by atoms with Crippen molar-refractivity contribution < 1.29 is 19.4 Å². The van der Waals surface area contributed by atoms with Crippen molar-refractivity contribution in [1.82, 2.24) is 5.32 Å². The van der Waals surface area contributed by atoms with E-state index in [9.17, 15) is 14.7 Å². The number of carboxylic acid groups (broad SMARTS) is 1. The van der Waals surface area contributed by atoms with Crippen molar-refractivity contribution in [3.63, 3.8) is 0 Å². The Morgan fingerprint density at radius 3 is 2.00 bits per heavy atom. The van der Waals surface area contributed by atoms with Gasteiger partial charge in [-0.15, -0.1) is 0 Å². The van der Waals surface area contributed by atoms with E-state index < -0.39 is 23.7 Å². The number of carbonyl (C=O) groups is 2. The molecule has 0 rings (SSSR count). The van der Waals surface area contributed by atoms with E-state index in [4.69, 9.17) is 4.74 Å². The molecule has 0 aromatic rings. The molecule has 5 nitrogen and oxygen atoms in total. The zero-order chi connectivity index (χ0) is 16.1. The molecule has 0 aliphatic rings. The molecule has 0 spiro atoms. The third-order valence-corrected chi connectivity index (χ3v) is 2.59. The molecular formula is C15H29NO4. The van der Waals surface area contributed by atoms with Gasteiger partial charge in [0.1, 0.15) is 11.6 Å². The van der Waals surface area contributed by atoms with Gasteiger partial charge in [-0.05, 0) is 44.9 Å². The van der Waals surface area contributed by atoms with Gasteiger partial charge in [-0.25, -0.2) is 9.59 Å². The lowest BCUT2D eigenvalue weighted by molar-refractivity contribution is -0.140. The molecule has 0 aliphatic heterocycles. The van der Waals surface area contributed by atoms with Gasteiger partial charge in [-0.1, -0.05) is 27.7 Å².